The van der Waals surface area contributed by atoms with Gasteiger partial charge in [0, 0.05) is 22.9 Å². The number of halogens is 6. The Kier molecular flexibility index (Phi) is 9.21. The fourth-order valence-corrected chi connectivity index (χ4v) is 4.46. The van der Waals surface area contributed by atoms with Crippen molar-refractivity contribution in [1.29, 1.82) is 0 Å². The Morgan fingerprint density at radius 3 is 2.20 bits per heavy atom. The quantitative estimate of drug-likeness (QED) is 0.294. The number of nitrogens with zero attached hydrogens (tertiary/aromatic N) is 2. The van der Waals surface area contributed by atoms with Crippen molar-refractivity contribution in [2.45, 2.75) is 32.2 Å². The van der Waals surface area contributed by atoms with Gasteiger partial charge >= 0.3 is 11.9 Å². The van der Waals surface area contributed by atoms with Crippen LogP contribution < -0.4 is 21.7 Å². The molecule has 0 spiro atoms. The summed E-state index contributed by atoms with van der Waals surface area (Å²) in [7, 11) is 1.23. The van der Waals surface area contributed by atoms with Crippen LogP contribution in [0.2, 0.25) is 0 Å². The number of alkyl halides is 3. The van der Waals surface area contributed by atoms with Gasteiger partial charge in [-0.25, -0.2) is 13.6 Å². The van der Waals surface area contributed by atoms with Gasteiger partial charge in [-0.15, -0.1) is 12.4 Å². The van der Waals surface area contributed by atoms with Gasteiger partial charge in [0.25, 0.3) is 5.56 Å². The summed E-state index contributed by atoms with van der Waals surface area (Å²) in [5, 5.41) is 0. The zero-order valence-corrected chi connectivity index (χ0v) is 22.2. The van der Waals surface area contributed by atoms with Crippen molar-refractivity contribution in [3.05, 3.63) is 122 Å². The molecule has 0 saturated carbocycles. The van der Waals surface area contributed by atoms with Crippen molar-refractivity contribution < 1.29 is 26.7 Å². The van der Waals surface area contributed by atoms with Crippen molar-refractivity contribution >= 4 is 12.4 Å². The highest BCUT2D eigenvalue weighted by Gasteiger charge is 2.35. The molecule has 0 amide bonds. The molecule has 0 unspecified atom stereocenters. The lowest BCUT2D eigenvalue weighted by Crippen LogP contribution is -2.44. The molecule has 40 heavy (non-hydrogen) atoms. The zero-order valence-electron chi connectivity index (χ0n) is 21.3. The molecule has 212 valence electrons. The maximum absolute atomic E-state index is 15.3. The average Bonchev–Trinajstić information content (AvgIpc) is 2.90. The fourth-order valence-electron chi connectivity index (χ4n) is 4.46. The topological polar surface area (TPSA) is 79.2 Å². The zero-order chi connectivity index (χ0) is 28.5. The summed E-state index contributed by atoms with van der Waals surface area (Å²) >= 11 is 0. The molecule has 0 saturated heterocycles. The second kappa shape index (κ2) is 12.1. The van der Waals surface area contributed by atoms with Gasteiger partial charge in [0.05, 0.1) is 31.3 Å². The summed E-state index contributed by atoms with van der Waals surface area (Å²) in [5.74, 6) is -2.29. The smallest absolute Gasteiger partial charge is 0.416 e. The van der Waals surface area contributed by atoms with Crippen LogP contribution >= 0.6 is 12.4 Å². The number of hydrogen-bond donors (Lipinski definition) is 1. The Bertz CT molecular complexity index is 1640. The average molecular weight is 582 g/mol. The molecular weight excluding hydrogens is 557 g/mol. The lowest BCUT2D eigenvalue weighted by molar-refractivity contribution is -0.138. The first-order valence-electron chi connectivity index (χ1n) is 11.8. The van der Waals surface area contributed by atoms with E-state index in [1.165, 1.54) is 32.2 Å². The van der Waals surface area contributed by atoms with Gasteiger partial charge in [-0.1, -0.05) is 48.5 Å². The van der Waals surface area contributed by atoms with Crippen LogP contribution in [0.25, 0.3) is 11.1 Å². The normalized spacial score (nSPS) is 12.1. The van der Waals surface area contributed by atoms with Crippen LogP contribution in [0.15, 0.2) is 76.3 Å². The molecule has 0 aliphatic rings. The highest BCUT2D eigenvalue weighted by atomic mass is 35.5. The minimum atomic E-state index is -4.92. The fraction of sp³-hybridized carbons (Fsp3) is 0.214. The summed E-state index contributed by atoms with van der Waals surface area (Å²) in [6, 6.07) is 14.1. The molecule has 6 nitrogen and oxygen atoms in total. The van der Waals surface area contributed by atoms with E-state index in [1.54, 1.807) is 30.3 Å². The summed E-state index contributed by atoms with van der Waals surface area (Å²) in [6.07, 6.45) is -4.92. The Hall–Kier alpha value is -3.96. The first kappa shape index (κ1) is 30.6. The molecule has 1 aromatic heterocycles. The number of methoxy groups -OCH3 is 1. The van der Waals surface area contributed by atoms with E-state index in [1.807, 2.05) is 0 Å². The molecule has 1 heterocycles. The summed E-state index contributed by atoms with van der Waals surface area (Å²) < 4.78 is 77.8. The Balaban J connectivity index is 0.00000441. The van der Waals surface area contributed by atoms with E-state index in [4.69, 9.17) is 10.5 Å². The molecule has 0 aliphatic carbocycles. The highest BCUT2D eigenvalue weighted by Crippen LogP contribution is 2.34. The minimum Gasteiger partial charge on any atom is -0.494 e. The Morgan fingerprint density at radius 1 is 0.925 bits per heavy atom. The SMILES string of the molecule is COc1cccc(-c2c(C)n(Cc3c(F)cccc3C(F)(F)F)c(=O)n(C[C@H](N)c3ccccc3)c2=O)c1F.Cl. The first-order chi connectivity index (χ1) is 18.5. The molecule has 0 radical (unpaired) electrons. The van der Waals surface area contributed by atoms with Crippen LogP contribution in [0.5, 0.6) is 5.75 Å². The van der Waals surface area contributed by atoms with E-state index in [0.29, 0.717) is 11.6 Å². The van der Waals surface area contributed by atoms with Gasteiger partial charge in [0.15, 0.2) is 11.6 Å². The number of aromatic nitrogens is 2. The summed E-state index contributed by atoms with van der Waals surface area (Å²) in [4.78, 5) is 27.3. The van der Waals surface area contributed by atoms with Crippen LogP contribution in [0.1, 0.15) is 28.4 Å². The van der Waals surface area contributed by atoms with E-state index < -0.39 is 52.8 Å². The van der Waals surface area contributed by atoms with Gasteiger partial charge in [0.2, 0.25) is 0 Å². The largest absolute Gasteiger partial charge is 0.494 e. The third-order valence-corrected chi connectivity index (χ3v) is 6.49. The van der Waals surface area contributed by atoms with Gasteiger partial charge in [0.1, 0.15) is 5.82 Å². The number of rotatable bonds is 7. The molecule has 2 N–H and O–H groups in total. The van der Waals surface area contributed by atoms with Crippen molar-refractivity contribution in [2.75, 3.05) is 7.11 Å². The second-order valence-corrected chi connectivity index (χ2v) is 8.85. The van der Waals surface area contributed by atoms with Gasteiger partial charge in [-0.05, 0) is 30.7 Å². The van der Waals surface area contributed by atoms with Crippen LogP contribution in [-0.2, 0) is 19.3 Å². The Morgan fingerprint density at radius 2 is 1.57 bits per heavy atom. The molecule has 4 rings (SSSR count). The number of hydrogen-bond acceptors (Lipinski definition) is 4. The van der Waals surface area contributed by atoms with Crippen LogP contribution in [0.4, 0.5) is 22.0 Å². The maximum atomic E-state index is 15.3. The maximum Gasteiger partial charge on any atom is 0.416 e. The third-order valence-electron chi connectivity index (χ3n) is 6.49. The predicted octanol–water partition coefficient (Wildman–Crippen LogP) is 5.46. The lowest BCUT2D eigenvalue weighted by atomic mass is 10.0. The van der Waals surface area contributed by atoms with Gasteiger partial charge < -0.3 is 10.5 Å². The summed E-state index contributed by atoms with van der Waals surface area (Å²) in [6.45, 7) is 0.0438. The van der Waals surface area contributed by atoms with Crippen molar-refractivity contribution in [3.8, 4) is 16.9 Å². The molecule has 0 fully saturated rings. The van der Waals surface area contributed by atoms with E-state index in [9.17, 15) is 27.2 Å². The minimum absolute atomic E-state index is 0. The molecular formula is C28H25ClF5N3O3. The number of nitrogens with two attached hydrogens (primary N) is 1. The molecule has 0 bridgehead atoms. The van der Waals surface area contributed by atoms with Crippen molar-refractivity contribution in [2.24, 2.45) is 5.73 Å². The summed E-state index contributed by atoms with van der Waals surface area (Å²) in [5.41, 5.74) is 2.15. The van der Waals surface area contributed by atoms with Crippen LogP contribution in [-0.4, -0.2) is 16.2 Å². The molecule has 0 aliphatic heterocycles. The van der Waals surface area contributed by atoms with E-state index >= 15 is 4.39 Å². The lowest BCUT2D eigenvalue weighted by Gasteiger charge is -2.21. The Labute approximate surface area is 231 Å². The standard InChI is InChI=1S/C28H24F5N3O3.ClH/c1-16-24(18-10-6-13-23(39-2)25(18)30)26(37)36(15-22(34)17-8-4-3-5-9-17)27(38)35(16)14-19-20(28(31,32)33)11-7-12-21(19)29;/h3-13,22H,14-15,34H2,1-2H3;1H/t22-;/m0./s1. The number of benzene rings is 3. The number of ether oxygens (including phenoxy) is 1. The van der Waals surface area contributed by atoms with E-state index in [0.717, 1.165) is 21.3 Å². The molecule has 3 aromatic carbocycles. The van der Waals surface area contributed by atoms with E-state index in [2.05, 4.69) is 0 Å². The van der Waals surface area contributed by atoms with Crippen LogP contribution in [0.3, 0.4) is 0 Å². The second-order valence-electron chi connectivity index (χ2n) is 8.85. The van der Waals surface area contributed by atoms with E-state index in [-0.39, 0.29) is 41.5 Å². The van der Waals surface area contributed by atoms with Gasteiger partial charge in [-0.3, -0.25) is 13.9 Å². The third kappa shape index (κ3) is 5.80. The first-order valence-corrected chi connectivity index (χ1v) is 11.8. The van der Waals surface area contributed by atoms with Crippen LogP contribution in [0, 0.1) is 18.6 Å². The van der Waals surface area contributed by atoms with Crippen molar-refractivity contribution in [1.82, 2.24) is 9.13 Å². The molecule has 1 atom stereocenters. The molecule has 12 heteroatoms. The van der Waals surface area contributed by atoms with Crippen molar-refractivity contribution in [3.63, 3.8) is 0 Å². The predicted molar refractivity (Wildman–Crippen MR) is 143 cm³/mol. The van der Waals surface area contributed by atoms with Gasteiger partial charge in [-0.2, -0.15) is 13.2 Å². The highest BCUT2D eigenvalue weighted by molar-refractivity contribution is 5.85. The molecule has 4 aromatic rings. The monoisotopic (exact) mass is 581 g/mol.